The minimum atomic E-state index is -0.659. The van der Waals surface area contributed by atoms with Gasteiger partial charge in [0.1, 0.15) is 11.5 Å². The fraction of sp³-hybridized carbons (Fsp3) is 0.444. The summed E-state index contributed by atoms with van der Waals surface area (Å²) in [4.78, 5) is 27.0. The van der Waals surface area contributed by atoms with E-state index in [0.717, 1.165) is 5.56 Å². The average molecular weight is 313 g/mol. The topological polar surface area (TPSA) is 55.8 Å². The maximum Gasteiger partial charge on any atom is 0.312 e. The van der Waals surface area contributed by atoms with Gasteiger partial charge in [-0.05, 0) is 12.5 Å². The number of rotatable bonds is 4. The van der Waals surface area contributed by atoms with Crippen molar-refractivity contribution in [1.29, 1.82) is 0 Å². The van der Waals surface area contributed by atoms with Crippen LogP contribution in [0.2, 0.25) is 0 Å². The quantitative estimate of drug-likeness (QED) is 0.625. The van der Waals surface area contributed by atoms with Crippen LogP contribution < -0.4 is 0 Å². The molecule has 4 atom stereocenters. The van der Waals surface area contributed by atoms with Gasteiger partial charge in [-0.2, -0.15) is 0 Å². The molecule has 3 aliphatic heterocycles. The number of hydrogen-bond donors (Lipinski definition) is 0. The van der Waals surface area contributed by atoms with E-state index in [-0.39, 0.29) is 18.0 Å². The summed E-state index contributed by atoms with van der Waals surface area (Å²) >= 11 is 0. The average Bonchev–Trinajstić information content (AvgIpc) is 3.17. The summed E-state index contributed by atoms with van der Waals surface area (Å²) < 4.78 is 11.2. The molecule has 1 aromatic rings. The van der Waals surface area contributed by atoms with Crippen molar-refractivity contribution in [3.8, 4) is 0 Å². The van der Waals surface area contributed by atoms with Crippen LogP contribution in [0.4, 0.5) is 0 Å². The van der Waals surface area contributed by atoms with Crippen LogP contribution >= 0.6 is 0 Å². The summed E-state index contributed by atoms with van der Waals surface area (Å²) in [5.74, 6) is -1.32. The first kappa shape index (κ1) is 14.5. The summed E-state index contributed by atoms with van der Waals surface area (Å²) in [5, 5.41) is 0. The molecule has 0 saturated carbocycles. The number of ether oxygens (including phenoxy) is 2. The van der Waals surface area contributed by atoms with Gasteiger partial charge in [0.25, 0.3) is 0 Å². The third kappa shape index (κ3) is 2.10. The van der Waals surface area contributed by atoms with Gasteiger partial charge in [-0.3, -0.25) is 9.59 Å². The highest BCUT2D eigenvalue weighted by molar-refractivity contribution is 5.91. The Morgan fingerprint density at radius 3 is 2.91 bits per heavy atom. The molecule has 1 aromatic carbocycles. The molecule has 3 aliphatic rings. The van der Waals surface area contributed by atoms with Crippen LogP contribution in [0.1, 0.15) is 12.5 Å². The number of esters is 1. The monoisotopic (exact) mass is 313 g/mol. The fourth-order valence-corrected chi connectivity index (χ4v) is 4.02. The molecule has 0 aromatic heterocycles. The number of likely N-dealkylation sites (tertiary alicyclic amines) is 1. The van der Waals surface area contributed by atoms with E-state index in [0.29, 0.717) is 19.7 Å². The van der Waals surface area contributed by atoms with E-state index in [2.05, 4.69) is 0 Å². The number of benzene rings is 1. The van der Waals surface area contributed by atoms with Gasteiger partial charge in [-0.1, -0.05) is 42.5 Å². The number of nitrogens with zero attached hydrogens (tertiary/aromatic N) is 1. The molecular weight excluding hydrogens is 294 g/mol. The highest BCUT2D eigenvalue weighted by Crippen LogP contribution is 2.52. The molecule has 0 N–H and O–H groups in total. The highest BCUT2D eigenvalue weighted by atomic mass is 16.6. The van der Waals surface area contributed by atoms with Crippen LogP contribution in [0.5, 0.6) is 0 Å². The van der Waals surface area contributed by atoms with Gasteiger partial charge < -0.3 is 14.4 Å². The number of hydrogen-bond acceptors (Lipinski definition) is 4. The lowest BCUT2D eigenvalue weighted by Gasteiger charge is -2.22. The zero-order valence-corrected chi connectivity index (χ0v) is 13.0. The van der Waals surface area contributed by atoms with Gasteiger partial charge in [-0.25, -0.2) is 0 Å². The fourth-order valence-electron chi connectivity index (χ4n) is 4.02. The second kappa shape index (κ2) is 5.20. The smallest absolute Gasteiger partial charge is 0.312 e. The van der Waals surface area contributed by atoms with E-state index >= 15 is 0 Å². The van der Waals surface area contributed by atoms with Crippen LogP contribution in [-0.4, -0.2) is 41.6 Å². The molecular formula is C18H19NO4. The molecule has 0 unspecified atom stereocenters. The van der Waals surface area contributed by atoms with E-state index in [1.165, 1.54) is 0 Å². The first-order valence-electron chi connectivity index (χ1n) is 8.01. The molecule has 3 heterocycles. The first-order chi connectivity index (χ1) is 11.1. The predicted molar refractivity (Wildman–Crippen MR) is 82.2 cm³/mol. The lowest BCUT2D eigenvalue weighted by molar-refractivity contribution is -0.153. The van der Waals surface area contributed by atoms with Crippen molar-refractivity contribution in [2.75, 3.05) is 13.2 Å². The summed E-state index contributed by atoms with van der Waals surface area (Å²) in [7, 11) is 0. The van der Waals surface area contributed by atoms with Crippen molar-refractivity contribution in [3.63, 3.8) is 0 Å². The van der Waals surface area contributed by atoms with E-state index < -0.39 is 17.4 Å². The van der Waals surface area contributed by atoms with Crippen LogP contribution in [0.15, 0.2) is 42.5 Å². The van der Waals surface area contributed by atoms with Crippen molar-refractivity contribution >= 4 is 11.9 Å². The van der Waals surface area contributed by atoms with E-state index in [1.54, 1.807) is 11.8 Å². The lowest BCUT2D eigenvalue weighted by Crippen LogP contribution is -2.39. The Labute approximate surface area is 134 Å². The number of carbonyl (C=O) groups excluding carboxylic acids is 2. The Bertz CT molecular complexity index is 671. The summed E-state index contributed by atoms with van der Waals surface area (Å²) in [6, 6.07) is 9.86. The van der Waals surface area contributed by atoms with Gasteiger partial charge in [-0.15, -0.1) is 0 Å². The third-order valence-corrected chi connectivity index (χ3v) is 4.95. The van der Waals surface area contributed by atoms with Crippen LogP contribution in [-0.2, 0) is 25.6 Å². The van der Waals surface area contributed by atoms with Gasteiger partial charge in [0, 0.05) is 6.54 Å². The normalized spacial score (nSPS) is 34.0. The molecule has 0 radical (unpaired) electrons. The van der Waals surface area contributed by atoms with Crippen LogP contribution in [0.3, 0.4) is 0 Å². The van der Waals surface area contributed by atoms with Crippen molar-refractivity contribution in [2.24, 2.45) is 11.8 Å². The maximum absolute atomic E-state index is 12.9. The summed E-state index contributed by atoms with van der Waals surface area (Å²) in [6.07, 6.45) is 3.53. The highest BCUT2D eigenvalue weighted by Gasteiger charge is 2.67. The molecule has 2 bridgehead atoms. The number of amides is 1. The predicted octanol–water partition coefficient (Wildman–Crippen LogP) is 1.53. The standard InChI is InChI=1S/C18H19NO4/c1-2-22-17(21)14-13-8-9-18(23-13)11-19(16(20)15(14)18)10-12-6-4-3-5-7-12/h3-9,13-15H,2,10-11H2,1H3/t13-,14+,15-,18+/m0/s1. The van der Waals surface area contributed by atoms with Crippen molar-refractivity contribution in [1.82, 2.24) is 4.90 Å². The molecule has 5 nitrogen and oxygen atoms in total. The Balaban J connectivity index is 1.60. The second-order valence-electron chi connectivity index (χ2n) is 6.33. The summed E-state index contributed by atoms with van der Waals surface area (Å²) in [6.45, 7) is 3.12. The molecule has 0 aliphatic carbocycles. The molecule has 1 amide bonds. The Hall–Kier alpha value is -2.14. The largest absolute Gasteiger partial charge is 0.466 e. The molecule has 4 rings (SSSR count). The van der Waals surface area contributed by atoms with Gasteiger partial charge >= 0.3 is 5.97 Å². The van der Waals surface area contributed by atoms with Gasteiger partial charge in [0.05, 0.1) is 25.2 Å². The lowest BCUT2D eigenvalue weighted by atomic mass is 9.77. The third-order valence-electron chi connectivity index (χ3n) is 4.95. The Morgan fingerprint density at radius 2 is 2.17 bits per heavy atom. The number of carbonyl (C=O) groups is 2. The SMILES string of the molecule is CCOC(=O)[C@@H]1[C@@H]2C=C[C@]3(CN(Cc4ccccc4)C(=O)[C@H]13)O2. The molecule has 120 valence electrons. The zero-order chi connectivity index (χ0) is 16.0. The first-order valence-corrected chi connectivity index (χ1v) is 8.01. The van der Waals surface area contributed by atoms with Crippen LogP contribution in [0, 0.1) is 11.8 Å². The maximum atomic E-state index is 12.9. The summed E-state index contributed by atoms with van der Waals surface area (Å²) in [5.41, 5.74) is 0.414. The molecule has 2 saturated heterocycles. The Morgan fingerprint density at radius 1 is 1.39 bits per heavy atom. The minimum Gasteiger partial charge on any atom is -0.466 e. The van der Waals surface area contributed by atoms with Gasteiger partial charge in [0.15, 0.2) is 0 Å². The van der Waals surface area contributed by atoms with Crippen LogP contribution in [0.25, 0.3) is 0 Å². The molecule has 23 heavy (non-hydrogen) atoms. The Kier molecular flexibility index (Phi) is 3.27. The second-order valence-corrected chi connectivity index (χ2v) is 6.33. The zero-order valence-electron chi connectivity index (χ0n) is 13.0. The molecule has 2 fully saturated rings. The van der Waals surface area contributed by atoms with Crippen molar-refractivity contribution < 1.29 is 19.1 Å². The van der Waals surface area contributed by atoms with E-state index in [4.69, 9.17) is 9.47 Å². The van der Waals surface area contributed by atoms with Crippen molar-refractivity contribution in [3.05, 3.63) is 48.0 Å². The minimum absolute atomic E-state index is 0.0150. The van der Waals surface area contributed by atoms with E-state index in [1.807, 2.05) is 42.5 Å². The number of fused-ring (bicyclic) bond motifs is 1. The van der Waals surface area contributed by atoms with E-state index in [9.17, 15) is 9.59 Å². The molecule has 1 spiro atoms. The molecule has 5 heteroatoms. The van der Waals surface area contributed by atoms with Gasteiger partial charge in [0.2, 0.25) is 5.91 Å². The van der Waals surface area contributed by atoms with Crippen molar-refractivity contribution in [2.45, 2.75) is 25.2 Å².